The molecule has 1 aliphatic rings. The van der Waals surface area contributed by atoms with E-state index in [1.807, 2.05) is 18.5 Å². The van der Waals surface area contributed by atoms with Crippen LogP contribution in [0, 0.1) is 3.70 Å². The van der Waals surface area contributed by atoms with E-state index in [9.17, 15) is 0 Å². The molecule has 0 saturated carbocycles. The van der Waals surface area contributed by atoms with Crippen molar-refractivity contribution in [1.29, 1.82) is 0 Å². The molecule has 6 nitrogen and oxygen atoms in total. The van der Waals surface area contributed by atoms with E-state index in [1.54, 1.807) is 6.20 Å². The summed E-state index contributed by atoms with van der Waals surface area (Å²) < 4.78 is 2.98. The number of hydrogen-bond acceptors (Lipinski definition) is 5. The van der Waals surface area contributed by atoms with Crippen LogP contribution in [0.25, 0.3) is 0 Å². The number of piperidine rings is 1. The van der Waals surface area contributed by atoms with Crippen molar-refractivity contribution >= 4 is 34.2 Å². The average molecular weight is 384 g/mol. The Kier molecular flexibility index (Phi) is 4.16. The van der Waals surface area contributed by atoms with Gasteiger partial charge in [-0.1, -0.05) is 0 Å². The lowest BCUT2D eigenvalue weighted by Crippen LogP contribution is -2.31. The second-order valence-electron chi connectivity index (χ2n) is 5.07. The predicted octanol–water partition coefficient (Wildman–Crippen LogP) is 2.29. The van der Waals surface area contributed by atoms with E-state index in [0.29, 0.717) is 12.0 Å². The van der Waals surface area contributed by atoms with E-state index in [1.165, 1.54) is 0 Å². The Hall–Kier alpha value is -1.22. The van der Waals surface area contributed by atoms with Crippen LogP contribution in [0.1, 0.15) is 18.9 Å². The molecule has 0 atom stereocenters. The lowest BCUT2D eigenvalue weighted by molar-refractivity contribution is 0.212. The fourth-order valence-electron chi connectivity index (χ4n) is 2.39. The summed E-state index contributed by atoms with van der Waals surface area (Å²) >= 11 is 2.17. The van der Waals surface area contributed by atoms with E-state index >= 15 is 0 Å². The Balaban J connectivity index is 1.67. The monoisotopic (exact) mass is 384 g/mol. The highest BCUT2D eigenvalue weighted by atomic mass is 127. The fourth-order valence-corrected chi connectivity index (χ4v) is 2.78. The van der Waals surface area contributed by atoms with E-state index in [0.717, 1.165) is 35.3 Å². The summed E-state index contributed by atoms with van der Waals surface area (Å²) in [5.74, 6) is 0.611. The van der Waals surface area contributed by atoms with Gasteiger partial charge in [0.1, 0.15) is 3.70 Å². The molecule has 7 heteroatoms. The molecule has 106 valence electrons. The maximum atomic E-state index is 4.46. The number of aromatic nitrogens is 4. The van der Waals surface area contributed by atoms with Crippen LogP contribution in [0.15, 0.2) is 24.7 Å². The summed E-state index contributed by atoms with van der Waals surface area (Å²) in [5.41, 5.74) is 0.936. The van der Waals surface area contributed by atoms with Crippen LogP contribution in [0.3, 0.4) is 0 Å². The zero-order chi connectivity index (χ0) is 13.9. The van der Waals surface area contributed by atoms with Crippen molar-refractivity contribution in [1.82, 2.24) is 24.6 Å². The molecule has 0 aromatic carbocycles. The molecule has 0 amide bonds. The summed E-state index contributed by atoms with van der Waals surface area (Å²) in [5, 5.41) is 7.65. The van der Waals surface area contributed by atoms with Gasteiger partial charge < -0.3 is 10.2 Å². The minimum atomic E-state index is 0.499. The highest BCUT2D eigenvalue weighted by Gasteiger charge is 2.18. The Morgan fingerprint density at radius 2 is 2.15 bits per heavy atom. The Labute approximate surface area is 131 Å². The minimum absolute atomic E-state index is 0.499. The first-order valence-corrected chi connectivity index (χ1v) is 7.77. The first kappa shape index (κ1) is 13.7. The van der Waals surface area contributed by atoms with Crippen LogP contribution < -0.4 is 5.32 Å². The molecule has 3 rings (SSSR count). The lowest BCUT2D eigenvalue weighted by atomic mass is 10.1. The molecule has 0 radical (unpaired) electrons. The molecule has 1 saturated heterocycles. The van der Waals surface area contributed by atoms with Gasteiger partial charge in [0.05, 0.1) is 17.9 Å². The number of nitrogens with one attached hydrogen (secondary N) is 1. The van der Waals surface area contributed by atoms with Gasteiger partial charge in [0.2, 0.25) is 5.95 Å². The van der Waals surface area contributed by atoms with Gasteiger partial charge in [-0.3, -0.25) is 4.68 Å². The third-order valence-electron chi connectivity index (χ3n) is 3.54. The van der Waals surface area contributed by atoms with Gasteiger partial charge in [0.25, 0.3) is 0 Å². The first-order valence-electron chi connectivity index (χ1n) is 6.69. The van der Waals surface area contributed by atoms with Crippen LogP contribution in [-0.4, -0.2) is 44.8 Å². The Morgan fingerprint density at radius 3 is 2.90 bits per heavy atom. The zero-order valence-corrected chi connectivity index (χ0v) is 13.5. The van der Waals surface area contributed by atoms with Crippen molar-refractivity contribution in [2.24, 2.45) is 0 Å². The molecule has 1 aliphatic heterocycles. The number of rotatable bonds is 3. The molecular weight excluding hydrogens is 367 g/mol. The minimum Gasteiger partial charge on any atom is -0.321 e. The highest BCUT2D eigenvalue weighted by molar-refractivity contribution is 14.1. The predicted molar refractivity (Wildman–Crippen MR) is 86.0 cm³/mol. The van der Waals surface area contributed by atoms with E-state index < -0.39 is 0 Å². The molecule has 1 fully saturated rings. The second-order valence-corrected chi connectivity index (χ2v) is 6.18. The molecular formula is C13H17IN6. The van der Waals surface area contributed by atoms with E-state index in [2.05, 4.69) is 59.6 Å². The van der Waals surface area contributed by atoms with Gasteiger partial charge in [-0.25, -0.2) is 9.97 Å². The van der Waals surface area contributed by atoms with Gasteiger partial charge >= 0.3 is 0 Å². The van der Waals surface area contributed by atoms with Gasteiger partial charge in [0, 0.05) is 12.4 Å². The molecule has 0 unspecified atom stereocenters. The third kappa shape index (κ3) is 3.26. The summed E-state index contributed by atoms with van der Waals surface area (Å²) in [6.45, 7) is 2.26. The maximum absolute atomic E-state index is 4.46. The summed E-state index contributed by atoms with van der Waals surface area (Å²) in [4.78, 5) is 10.9. The number of hydrogen-bond donors (Lipinski definition) is 1. The van der Waals surface area contributed by atoms with Crippen molar-refractivity contribution in [2.75, 3.05) is 25.5 Å². The number of halogens is 1. The van der Waals surface area contributed by atoms with Crippen LogP contribution >= 0.6 is 22.6 Å². The average Bonchev–Trinajstić information content (AvgIpc) is 2.88. The SMILES string of the molecule is CN1CCC(n2cc(Nc3nccc(I)n3)cn2)CC1. The number of nitrogens with zero attached hydrogens (tertiary/aromatic N) is 5. The van der Waals surface area contributed by atoms with Gasteiger partial charge in [-0.2, -0.15) is 5.10 Å². The van der Waals surface area contributed by atoms with Crippen LogP contribution in [-0.2, 0) is 0 Å². The molecule has 20 heavy (non-hydrogen) atoms. The quantitative estimate of drug-likeness (QED) is 0.650. The van der Waals surface area contributed by atoms with Crippen molar-refractivity contribution in [2.45, 2.75) is 18.9 Å². The molecule has 2 aromatic rings. The van der Waals surface area contributed by atoms with Gasteiger partial charge in [-0.05, 0) is 61.6 Å². The normalized spacial score (nSPS) is 17.3. The molecule has 0 spiro atoms. The maximum Gasteiger partial charge on any atom is 0.228 e. The molecule has 3 heterocycles. The van der Waals surface area contributed by atoms with Crippen LogP contribution in [0.4, 0.5) is 11.6 Å². The van der Waals surface area contributed by atoms with Crippen LogP contribution in [0.5, 0.6) is 0 Å². The topological polar surface area (TPSA) is 58.9 Å². The molecule has 0 bridgehead atoms. The smallest absolute Gasteiger partial charge is 0.228 e. The highest BCUT2D eigenvalue weighted by Crippen LogP contribution is 2.23. The summed E-state index contributed by atoms with van der Waals surface area (Å²) in [6.07, 6.45) is 7.92. The first-order chi connectivity index (χ1) is 9.70. The summed E-state index contributed by atoms with van der Waals surface area (Å²) in [7, 11) is 2.17. The third-order valence-corrected chi connectivity index (χ3v) is 4.14. The van der Waals surface area contributed by atoms with Crippen molar-refractivity contribution in [3.8, 4) is 0 Å². The standard InChI is InChI=1S/C13H17IN6/c1-19-6-3-11(4-7-19)20-9-10(8-16-20)17-13-15-5-2-12(14)18-13/h2,5,8-9,11H,3-4,6-7H2,1H3,(H,15,17,18). The number of likely N-dealkylation sites (tertiary alicyclic amines) is 1. The van der Waals surface area contributed by atoms with Gasteiger partial charge in [-0.15, -0.1) is 0 Å². The van der Waals surface area contributed by atoms with Crippen molar-refractivity contribution in [3.63, 3.8) is 0 Å². The van der Waals surface area contributed by atoms with Crippen molar-refractivity contribution in [3.05, 3.63) is 28.4 Å². The Bertz CT molecular complexity index is 576. The molecule has 2 aromatic heterocycles. The van der Waals surface area contributed by atoms with Gasteiger partial charge in [0.15, 0.2) is 0 Å². The van der Waals surface area contributed by atoms with E-state index in [4.69, 9.17) is 0 Å². The fraction of sp³-hybridized carbons (Fsp3) is 0.462. The number of anilines is 2. The van der Waals surface area contributed by atoms with Crippen molar-refractivity contribution < 1.29 is 0 Å². The van der Waals surface area contributed by atoms with Crippen LogP contribution in [0.2, 0.25) is 0 Å². The zero-order valence-electron chi connectivity index (χ0n) is 11.3. The van der Waals surface area contributed by atoms with E-state index in [-0.39, 0.29) is 0 Å². The lowest BCUT2D eigenvalue weighted by Gasteiger charge is -2.28. The molecule has 0 aliphatic carbocycles. The molecule has 1 N–H and O–H groups in total. The Morgan fingerprint density at radius 1 is 1.35 bits per heavy atom. The summed E-state index contributed by atoms with van der Waals surface area (Å²) in [6, 6.07) is 2.37. The second kappa shape index (κ2) is 6.04. The largest absolute Gasteiger partial charge is 0.321 e.